The predicted octanol–water partition coefficient (Wildman–Crippen LogP) is 4.43. The third-order valence-electron chi connectivity index (χ3n) is 4.28. The number of anilines is 1. The summed E-state index contributed by atoms with van der Waals surface area (Å²) in [4.78, 5) is 25.2. The summed E-state index contributed by atoms with van der Waals surface area (Å²) in [7, 11) is 0. The molecule has 0 fully saturated rings. The van der Waals surface area contributed by atoms with E-state index < -0.39 is 6.04 Å². The molecule has 0 aromatic heterocycles. The van der Waals surface area contributed by atoms with Crippen LogP contribution in [-0.2, 0) is 4.79 Å². The molecule has 0 aliphatic rings. The molecule has 0 aliphatic carbocycles. The highest BCUT2D eigenvalue weighted by Crippen LogP contribution is 2.21. The lowest BCUT2D eigenvalue weighted by molar-refractivity contribution is -0.119. The molecule has 0 bridgehead atoms. The van der Waals surface area contributed by atoms with E-state index in [0.717, 1.165) is 12.0 Å². The van der Waals surface area contributed by atoms with Gasteiger partial charge in [0.15, 0.2) is 0 Å². The van der Waals surface area contributed by atoms with Gasteiger partial charge in [0, 0.05) is 16.3 Å². The number of benzene rings is 2. The van der Waals surface area contributed by atoms with Crippen molar-refractivity contribution >= 4 is 29.1 Å². The molecule has 0 spiro atoms. The van der Waals surface area contributed by atoms with Crippen molar-refractivity contribution in [1.29, 1.82) is 0 Å². The Morgan fingerprint density at radius 3 is 2.44 bits per heavy atom. The first-order valence-electron chi connectivity index (χ1n) is 8.35. The van der Waals surface area contributed by atoms with Crippen LogP contribution in [0.4, 0.5) is 5.69 Å². The topological polar surface area (TPSA) is 58.2 Å². The lowest BCUT2D eigenvalue weighted by Gasteiger charge is -2.24. The van der Waals surface area contributed by atoms with E-state index >= 15 is 0 Å². The zero-order valence-electron chi connectivity index (χ0n) is 14.7. The van der Waals surface area contributed by atoms with Gasteiger partial charge in [-0.2, -0.15) is 0 Å². The summed E-state index contributed by atoms with van der Waals surface area (Å²) >= 11 is 6.01. The molecular weight excluding hydrogens is 336 g/mol. The van der Waals surface area contributed by atoms with Crippen LogP contribution in [0.25, 0.3) is 0 Å². The van der Waals surface area contributed by atoms with Crippen LogP contribution in [0.2, 0.25) is 5.02 Å². The normalized spacial score (nSPS) is 13.0. The number of carbonyl (C=O) groups is 2. The number of aryl methyl sites for hydroxylation is 1. The average Bonchev–Trinajstić information content (AvgIpc) is 2.62. The van der Waals surface area contributed by atoms with E-state index in [1.165, 1.54) is 0 Å². The lowest BCUT2D eigenvalue weighted by atomic mass is 9.97. The zero-order chi connectivity index (χ0) is 18.4. The van der Waals surface area contributed by atoms with Crippen molar-refractivity contribution in [3.05, 3.63) is 64.7 Å². The summed E-state index contributed by atoms with van der Waals surface area (Å²) < 4.78 is 0. The standard InChI is InChI=1S/C20H23ClN2O2/c1-4-13(2)18(23-19(24)15-8-6-5-7-9-15)20(25)22-17-12-16(21)11-10-14(17)3/h5-13,18H,4H2,1-3H3,(H,22,25)(H,23,24)/t13-,18-/m0/s1. The Bertz CT molecular complexity index is 747. The fraction of sp³-hybridized carbons (Fsp3) is 0.300. The van der Waals surface area contributed by atoms with Crippen LogP contribution >= 0.6 is 11.6 Å². The predicted molar refractivity (Wildman–Crippen MR) is 102 cm³/mol. The third kappa shape index (κ3) is 5.07. The maximum absolute atomic E-state index is 12.8. The molecule has 5 heteroatoms. The van der Waals surface area contributed by atoms with Gasteiger partial charge in [-0.05, 0) is 42.7 Å². The lowest BCUT2D eigenvalue weighted by Crippen LogP contribution is -2.47. The van der Waals surface area contributed by atoms with Gasteiger partial charge in [0.25, 0.3) is 5.91 Å². The quantitative estimate of drug-likeness (QED) is 0.802. The number of carbonyl (C=O) groups excluding carboxylic acids is 2. The highest BCUT2D eigenvalue weighted by Gasteiger charge is 2.26. The van der Waals surface area contributed by atoms with E-state index in [1.807, 2.05) is 32.9 Å². The Balaban J connectivity index is 2.17. The molecule has 2 rings (SSSR count). The number of nitrogens with one attached hydrogen (secondary N) is 2. The van der Waals surface area contributed by atoms with Crippen molar-refractivity contribution in [2.45, 2.75) is 33.2 Å². The molecule has 25 heavy (non-hydrogen) atoms. The van der Waals surface area contributed by atoms with E-state index in [4.69, 9.17) is 11.6 Å². The van der Waals surface area contributed by atoms with Gasteiger partial charge < -0.3 is 10.6 Å². The molecule has 0 saturated carbocycles. The van der Waals surface area contributed by atoms with Gasteiger partial charge in [-0.15, -0.1) is 0 Å². The first kappa shape index (κ1) is 19.0. The van der Waals surface area contributed by atoms with E-state index in [-0.39, 0.29) is 17.7 Å². The summed E-state index contributed by atoms with van der Waals surface area (Å²) in [5.41, 5.74) is 2.09. The molecule has 0 radical (unpaired) electrons. The number of rotatable bonds is 6. The van der Waals surface area contributed by atoms with Crippen molar-refractivity contribution in [3.8, 4) is 0 Å². The Kier molecular flexibility index (Phi) is 6.59. The van der Waals surface area contributed by atoms with Crippen molar-refractivity contribution in [3.63, 3.8) is 0 Å². The molecule has 2 amide bonds. The summed E-state index contributed by atoms with van der Waals surface area (Å²) in [6.45, 7) is 5.83. The molecule has 0 aliphatic heterocycles. The van der Waals surface area contributed by atoms with Crippen molar-refractivity contribution < 1.29 is 9.59 Å². The molecule has 0 unspecified atom stereocenters. The maximum atomic E-state index is 12.8. The van der Waals surface area contributed by atoms with Crippen molar-refractivity contribution in [1.82, 2.24) is 5.32 Å². The summed E-state index contributed by atoms with van der Waals surface area (Å²) in [5, 5.41) is 6.29. The van der Waals surface area contributed by atoms with E-state index in [9.17, 15) is 9.59 Å². The second-order valence-electron chi connectivity index (χ2n) is 6.15. The Morgan fingerprint density at radius 1 is 1.12 bits per heavy atom. The largest absolute Gasteiger partial charge is 0.340 e. The molecular formula is C20H23ClN2O2. The van der Waals surface area contributed by atoms with Crippen LogP contribution < -0.4 is 10.6 Å². The van der Waals surface area contributed by atoms with Crippen LogP contribution in [0, 0.1) is 12.8 Å². The van der Waals surface area contributed by atoms with Crippen molar-refractivity contribution in [2.24, 2.45) is 5.92 Å². The Hall–Kier alpha value is -2.33. The number of hydrogen-bond donors (Lipinski definition) is 2. The van der Waals surface area contributed by atoms with E-state index in [0.29, 0.717) is 16.3 Å². The first-order chi connectivity index (χ1) is 11.9. The van der Waals surface area contributed by atoms with Gasteiger partial charge in [0.05, 0.1) is 0 Å². The molecule has 2 aromatic rings. The second-order valence-corrected chi connectivity index (χ2v) is 6.59. The van der Waals surface area contributed by atoms with Gasteiger partial charge in [0.2, 0.25) is 5.91 Å². The van der Waals surface area contributed by atoms with Gasteiger partial charge in [0.1, 0.15) is 6.04 Å². The minimum absolute atomic E-state index is 0.00727. The van der Waals surface area contributed by atoms with Crippen LogP contribution in [0.3, 0.4) is 0 Å². The van der Waals surface area contributed by atoms with Gasteiger partial charge in [-0.1, -0.05) is 56.1 Å². The van der Waals surface area contributed by atoms with Crippen LogP contribution in [-0.4, -0.2) is 17.9 Å². The molecule has 2 aromatic carbocycles. The third-order valence-corrected chi connectivity index (χ3v) is 4.51. The first-order valence-corrected chi connectivity index (χ1v) is 8.73. The van der Waals surface area contributed by atoms with E-state index in [2.05, 4.69) is 10.6 Å². The highest BCUT2D eigenvalue weighted by atomic mass is 35.5. The van der Waals surface area contributed by atoms with Crippen LogP contribution in [0.5, 0.6) is 0 Å². The molecule has 4 nitrogen and oxygen atoms in total. The maximum Gasteiger partial charge on any atom is 0.251 e. The van der Waals surface area contributed by atoms with Gasteiger partial charge >= 0.3 is 0 Å². The summed E-state index contributed by atoms with van der Waals surface area (Å²) in [6, 6.07) is 13.6. The number of hydrogen-bond acceptors (Lipinski definition) is 2. The summed E-state index contributed by atoms with van der Waals surface area (Å²) in [5.74, 6) is -0.514. The smallest absolute Gasteiger partial charge is 0.251 e. The van der Waals surface area contributed by atoms with Crippen molar-refractivity contribution in [2.75, 3.05) is 5.32 Å². The second kappa shape index (κ2) is 8.67. The monoisotopic (exact) mass is 358 g/mol. The number of halogens is 1. The van der Waals surface area contributed by atoms with Crippen LogP contribution in [0.1, 0.15) is 36.2 Å². The number of amides is 2. The Labute approximate surface area is 153 Å². The SMILES string of the molecule is CC[C@H](C)[C@H](NC(=O)c1ccccc1)C(=O)Nc1cc(Cl)ccc1C. The molecule has 0 saturated heterocycles. The van der Waals surface area contributed by atoms with E-state index in [1.54, 1.807) is 36.4 Å². The minimum atomic E-state index is -0.629. The molecule has 132 valence electrons. The van der Waals surface area contributed by atoms with Gasteiger partial charge in [-0.3, -0.25) is 9.59 Å². The fourth-order valence-electron chi connectivity index (χ4n) is 2.46. The highest BCUT2D eigenvalue weighted by molar-refractivity contribution is 6.31. The fourth-order valence-corrected chi connectivity index (χ4v) is 2.63. The van der Waals surface area contributed by atoms with Crippen LogP contribution in [0.15, 0.2) is 48.5 Å². The molecule has 0 heterocycles. The molecule has 2 atom stereocenters. The Morgan fingerprint density at radius 2 is 1.80 bits per heavy atom. The zero-order valence-corrected chi connectivity index (χ0v) is 15.4. The average molecular weight is 359 g/mol. The van der Waals surface area contributed by atoms with Gasteiger partial charge in [-0.25, -0.2) is 0 Å². The summed E-state index contributed by atoms with van der Waals surface area (Å²) in [6.07, 6.45) is 0.766. The molecule has 2 N–H and O–H groups in total. The minimum Gasteiger partial charge on any atom is -0.340 e.